The Bertz CT molecular complexity index is 532. The number of piperazine rings is 1. The van der Waals surface area contributed by atoms with Gasteiger partial charge in [-0.25, -0.2) is 0 Å². The van der Waals surface area contributed by atoms with E-state index in [2.05, 4.69) is 26.0 Å². The summed E-state index contributed by atoms with van der Waals surface area (Å²) in [6, 6.07) is 8.25. The smallest absolute Gasteiger partial charge is 0.248 e. The summed E-state index contributed by atoms with van der Waals surface area (Å²) in [6.07, 6.45) is 1.45. The van der Waals surface area contributed by atoms with Crippen LogP contribution in [0.15, 0.2) is 24.3 Å². The molecular weight excluding hydrogens is 292 g/mol. The number of hydrogen-bond donors (Lipinski definition) is 1. The fourth-order valence-electron chi connectivity index (χ4n) is 2.86. The number of aliphatic hydroxyl groups excluding tert-OH is 1. The van der Waals surface area contributed by atoms with E-state index >= 15 is 0 Å². The molecule has 1 heterocycles. The third kappa shape index (κ3) is 5.06. The predicted molar refractivity (Wildman–Crippen MR) is 88.9 cm³/mol. The Kier molecular flexibility index (Phi) is 6.16. The molecule has 0 saturated carbocycles. The second kappa shape index (κ2) is 8.11. The van der Waals surface area contributed by atoms with Crippen LogP contribution in [0.4, 0.5) is 0 Å². The lowest BCUT2D eigenvalue weighted by Gasteiger charge is -2.34. The van der Waals surface area contributed by atoms with Crippen molar-refractivity contribution in [2.24, 2.45) is 5.92 Å². The third-order valence-electron chi connectivity index (χ3n) is 4.14. The first-order chi connectivity index (χ1) is 11.0. The van der Waals surface area contributed by atoms with Crippen molar-refractivity contribution in [2.45, 2.75) is 26.7 Å². The molecular formula is C18H26N2O3. The van der Waals surface area contributed by atoms with Gasteiger partial charge in [0.1, 0.15) is 6.61 Å². The van der Waals surface area contributed by atoms with Crippen molar-refractivity contribution < 1.29 is 14.7 Å². The standard InChI is InChI=1S/C18H26N2O3/c1-14(2)11-15-3-5-16(6-4-15)12-17(22)19-7-9-20(10-8-19)18(23)13-21/h3-6,14,21H,7-13H2,1-2H3. The minimum absolute atomic E-state index is 0.0951. The highest BCUT2D eigenvalue weighted by atomic mass is 16.3. The van der Waals surface area contributed by atoms with Gasteiger partial charge < -0.3 is 14.9 Å². The molecule has 5 heteroatoms. The van der Waals surface area contributed by atoms with E-state index in [1.165, 1.54) is 5.56 Å². The summed E-state index contributed by atoms with van der Waals surface area (Å²) in [6.45, 7) is 6.00. The van der Waals surface area contributed by atoms with E-state index in [0.29, 0.717) is 38.5 Å². The average Bonchev–Trinajstić information content (AvgIpc) is 2.55. The molecule has 5 nitrogen and oxygen atoms in total. The maximum atomic E-state index is 12.3. The summed E-state index contributed by atoms with van der Waals surface area (Å²) in [4.78, 5) is 27.2. The molecule has 0 unspecified atom stereocenters. The predicted octanol–water partition coefficient (Wildman–Crippen LogP) is 1.09. The molecule has 1 aliphatic heterocycles. The maximum absolute atomic E-state index is 12.3. The lowest BCUT2D eigenvalue weighted by Crippen LogP contribution is -2.51. The summed E-state index contributed by atoms with van der Waals surface area (Å²) in [5.41, 5.74) is 2.32. The van der Waals surface area contributed by atoms with Gasteiger partial charge in [0.2, 0.25) is 11.8 Å². The van der Waals surface area contributed by atoms with E-state index in [0.717, 1.165) is 12.0 Å². The number of carbonyl (C=O) groups is 2. The molecule has 1 aliphatic rings. The zero-order chi connectivity index (χ0) is 16.8. The van der Waals surface area contributed by atoms with Gasteiger partial charge in [-0.15, -0.1) is 0 Å². The first-order valence-electron chi connectivity index (χ1n) is 8.24. The highest BCUT2D eigenvalue weighted by Gasteiger charge is 2.23. The summed E-state index contributed by atoms with van der Waals surface area (Å²) in [7, 11) is 0. The monoisotopic (exact) mass is 318 g/mol. The topological polar surface area (TPSA) is 60.9 Å². The lowest BCUT2D eigenvalue weighted by molar-refractivity contribution is -0.140. The molecule has 0 aromatic heterocycles. The van der Waals surface area contributed by atoms with Crippen LogP contribution in [0, 0.1) is 5.92 Å². The third-order valence-corrected chi connectivity index (χ3v) is 4.14. The van der Waals surface area contributed by atoms with Crippen LogP contribution in [0.1, 0.15) is 25.0 Å². The van der Waals surface area contributed by atoms with Crippen LogP contribution in [-0.4, -0.2) is 59.5 Å². The van der Waals surface area contributed by atoms with Crippen LogP contribution < -0.4 is 0 Å². The fraction of sp³-hybridized carbons (Fsp3) is 0.556. The van der Waals surface area contributed by atoms with Crippen LogP contribution in [0.2, 0.25) is 0 Å². The Hall–Kier alpha value is -1.88. The molecule has 0 bridgehead atoms. The van der Waals surface area contributed by atoms with Gasteiger partial charge in [0.05, 0.1) is 6.42 Å². The van der Waals surface area contributed by atoms with E-state index in [1.54, 1.807) is 9.80 Å². The van der Waals surface area contributed by atoms with E-state index in [4.69, 9.17) is 5.11 Å². The van der Waals surface area contributed by atoms with Gasteiger partial charge in [0.15, 0.2) is 0 Å². The maximum Gasteiger partial charge on any atom is 0.248 e. The van der Waals surface area contributed by atoms with Crippen molar-refractivity contribution in [3.8, 4) is 0 Å². The van der Waals surface area contributed by atoms with Gasteiger partial charge in [0.25, 0.3) is 0 Å². The zero-order valence-corrected chi connectivity index (χ0v) is 14.0. The molecule has 1 fully saturated rings. The van der Waals surface area contributed by atoms with E-state index in [-0.39, 0.29) is 11.8 Å². The van der Waals surface area contributed by atoms with Gasteiger partial charge in [0, 0.05) is 26.2 Å². The van der Waals surface area contributed by atoms with Crippen LogP contribution in [0.25, 0.3) is 0 Å². The fourth-order valence-corrected chi connectivity index (χ4v) is 2.86. The lowest BCUT2D eigenvalue weighted by atomic mass is 10.0. The van der Waals surface area contributed by atoms with Crippen LogP contribution in [-0.2, 0) is 22.4 Å². The molecule has 0 spiro atoms. The molecule has 1 saturated heterocycles. The van der Waals surface area contributed by atoms with Crippen molar-refractivity contribution >= 4 is 11.8 Å². The number of benzene rings is 1. The van der Waals surface area contributed by atoms with Crippen molar-refractivity contribution in [2.75, 3.05) is 32.8 Å². The first-order valence-corrected chi connectivity index (χ1v) is 8.24. The molecule has 23 heavy (non-hydrogen) atoms. The minimum Gasteiger partial charge on any atom is -0.387 e. The van der Waals surface area contributed by atoms with Gasteiger partial charge in [-0.3, -0.25) is 9.59 Å². The van der Waals surface area contributed by atoms with Gasteiger partial charge in [-0.05, 0) is 23.5 Å². The molecule has 2 amide bonds. The van der Waals surface area contributed by atoms with E-state index in [9.17, 15) is 9.59 Å². The summed E-state index contributed by atoms with van der Waals surface area (Å²) < 4.78 is 0. The molecule has 1 aromatic rings. The largest absolute Gasteiger partial charge is 0.387 e. The Morgan fingerprint density at radius 1 is 0.957 bits per heavy atom. The Balaban J connectivity index is 1.84. The summed E-state index contributed by atoms with van der Waals surface area (Å²) >= 11 is 0. The quantitative estimate of drug-likeness (QED) is 0.884. The molecule has 0 aliphatic carbocycles. The molecule has 1 N–H and O–H groups in total. The number of nitrogens with zero attached hydrogens (tertiary/aromatic N) is 2. The number of rotatable bonds is 5. The summed E-state index contributed by atoms with van der Waals surface area (Å²) in [5, 5.41) is 8.86. The van der Waals surface area contributed by atoms with Crippen LogP contribution in [0.3, 0.4) is 0 Å². The number of hydrogen-bond acceptors (Lipinski definition) is 3. The molecule has 0 radical (unpaired) electrons. The molecule has 0 atom stereocenters. The van der Waals surface area contributed by atoms with Crippen molar-refractivity contribution in [1.82, 2.24) is 9.80 Å². The molecule has 1 aromatic carbocycles. The Morgan fingerprint density at radius 2 is 1.43 bits per heavy atom. The SMILES string of the molecule is CC(C)Cc1ccc(CC(=O)N2CCN(C(=O)CO)CC2)cc1. The minimum atomic E-state index is -0.462. The van der Waals surface area contributed by atoms with E-state index in [1.807, 2.05) is 12.1 Å². The highest BCUT2D eigenvalue weighted by molar-refractivity contribution is 5.80. The van der Waals surface area contributed by atoms with Crippen LogP contribution >= 0.6 is 0 Å². The number of aliphatic hydroxyl groups is 1. The molecule has 126 valence electrons. The van der Waals surface area contributed by atoms with Gasteiger partial charge in [-0.1, -0.05) is 38.1 Å². The van der Waals surface area contributed by atoms with Gasteiger partial charge >= 0.3 is 0 Å². The van der Waals surface area contributed by atoms with Crippen molar-refractivity contribution in [1.29, 1.82) is 0 Å². The van der Waals surface area contributed by atoms with Crippen molar-refractivity contribution in [3.05, 3.63) is 35.4 Å². The Labute approximate surface area is 137 Å². The second-order valence-electron chi connectivity index (χ2n) is 6.51. The number of carbonyl (C=O) groups excluding carboxylic acids is 2. The molecule has 2 rings (SSSR count). The summed E-state index contributed by atoms with van der Waals surface area (Å²) in [5.74, 6) is 0.455. The zero-order valence-electron chi connectivity index (χ0n) is 14.0. The normalized spacial score (nSPS) is 15.1. The Morgan fingerprint density at radius 3 is 1.91 bits per heavy atom. The van der Waals surface area contributed by atoms with Crippen LogP contribution in [0.5, 0.6) is 0 Å². The van der Waals surface area contributed by atoms with Crippen molar-refractivity contribution in [3.63, 3.8) is 0 Å². The highest BCUT2D eigenvalue weighted by Crippen LogP contribution is 2.12. The number of amides is 2. The second-order valence-corrected chi connectivity index (χ2v) is 6.51. The van der Waals surface area contributed by atoms with E-state index < -0.39 is 6.61 Å². The first kappa shape index (κ1) is 17.5. The van der Waals surface area contributed by atoms with Gasteiger partial charge in [-0.2, -0.15) is 0 Å². The average molecular weight is 318 g/mol.